The predicted molar refractivity (Wildman–Crippen MR) is 133 cm³/mol. The molecule has 2 aliphatic heterocycles. The Morgan fingerprint density at radius 1 is 0.559 bits per heavy atom. The van der Waals surface area contributed by atoms with Crippen LogP contribution in [0.2, 0.25) is 0 Å². The molecule has 0 spiro atoms. The molecule has 0 bridgehead atoms. The van der Waals surface area contributed by atoms with Crippen molar-refractivity contribution in [1.82, 2.24) is 0 Å². The highest BCUT2D eigenvalue weighted by molar-refractivity contribution is 4.97. The van der Waals surface area contributed by atoms with E-state index in [1.807, 2.05) is 0 Å². The molecule has 2 saturated heterocycles. The fraction of sp³-hybridized carbons (Fsp3) is 1.00. The average molecular weight is 489 g/mol. The quantitative estimate of drug-likeness (QED) is 0.186. The van der Waals surface area contributed by atoms with E-state index >= 15 is 0 Å². The summed E-state index contributed by atoms with van der Waals surface area (Å²) in [6.07, 6.45) is 9.26. The summed E-state index contributed by atoms with van der Waals surface area (Å²) in [5.41, 5.74) is 0. The van der Waals surface area contributed by atoms with Gasteiger partial charge >= 0.3 is 0 Å². The van der Waals surface area contributed by atoms with Gasteiger partial charge in [0.2, 0.25) is 0 Å². The lowest BCUT2D eigenvalue weighted by Gasteiger charge is -2.46. The molecule has 7 atom stereocenters. The van der Waals surface area contributed by atoms with Gasteiger partial charge in [0, 0.05) is 26.4 Å². The molecule has 0 aromatic rings. The monoisotopic (exact) mass is 488 g/mol. The minimum absolute atomic E-state index is 0.0297. The molecule has 2 aliphatic rings. The summed E-state index contributed by atoms with van der Waals surface area (Å²) in [5.74, 6) is 0. The molecule has 7 nitrogen and oxygen atoms in total. The first-order valence-electron chi connectivity index (χ1n) is 14.0. The average Bonchev–Trinajstić information content (AvgIpc) is 3.62. The maximum absolute atomic E-state index is 9.36. The van der Waals surface area contributed by atoms with Crippen LogP contribution in [0.5, 0.6) is 0 Å². The zero-order chi connectivity index (χ0) is 24.6. The van der Waals surface area contributed by atoms with Crippen molar-refractivity contribution < 1.29 is 33.5 Å². The van der Waals surface area contributed by atoms with Gasteiger partial charge in [0.15, 0.2) is 0 Å². The van der Waals surface area contributed by atoms with Crippen molar-refractivity contribution >= 4 is 0 Å². The van der Waals surface area contributed by atoms with Crippen LogP contribution in [0.3, 0.4) is 0 Å². The zero-order valence-corrected chi connectivity index (χ0v) is 22.3. The second-order valence-corrected chi connectivity index (χ2v) is 9.68. The molecule has 2 rings (SSSR count). The minimum Gasteiger partial charge on any atom is -0.394 e. The van der Waals surface area contributed by atoms with Crippen molar-refractivity contribution in [1.29, 1.82) is 0 Å². The van der Waals surface area contributed by atoms with Crippen LogP contribution in [0.15, 0.2) is 0 Å². The third kappa shape index (κ3) is 10.4. The van der Waals surface area contributed by atoms with Crippen molar-refractivity contribution in [3.63, 3.8) is 0 Å². The van der Waals surface area contributed by atoms with Crippen LogP contribution < -0.4 is 0 Å². The van der Waals surface area contributed by atoms with Gasteiger partial charge in [-0.3, -0.25) is 0 Å². The summed E-state index contributed by atoms with van der Waals surface area (Å²) in [5, 5.41) is 9.36. The first-order chi connectivity index (χ1) is 16.7. The summed E-state index contributed by atoms with van der Waals surface area (Å²) in [7, 11) is 0. The number of hydrogen-bond acceptors (Lipinski definition) is 7. The van der Waals surface area contributed by atoms with E-state index in [0.717, 1.165) is 70.8 Å². The highest BCUT2D eigenvalue weighted by Gasteiger charge is 2.49. The van der Waals surface area contributed by atoms with E-state index in [9.17, 15) is 5.11 Å². The van der Waals surface area contributed by atoms with Crippen LogP contribution in [-0.4, -0.2) is 87.5 Å². The molecule has 0 amide bonds. The Balaban J connectivity index is 2.16. The van der Waals surface area contributed by atoms with Crippen LogP contribution in [0.25, 0.3) is 0 Å². The van der Waals surface area contributed by atoms with Gasteiger partial charge in [-0.25, -0.2) is 0 Å². The van der Waals surface area contributed by atoms with Gasteiger partial charge in [0.05, 0.1) is 25.4 Å². The van der Waals surface area contributed by atoms with E-state index in [4.69, 9.17) is 28.4 Å². The Morgan fingerprint density at radius 3 is 1.56 bits per heavy atom. The standard InChI is InChI=1S/C27H52O7/c1-5-9-15-29-20-24-26(31-17-11-7-3)27(32-18-12-8-4)25(30-16-10-6-2)22(34-24)14-13-21-23(19-28)33-21/h21-28H,5-20H2,1-4H3/t21-,22-,23?,24?,25?,26+,27-/m1/s1. The fourth-order valence-corrected chi connectivity index (χ4v) is 4.41. The molecule has 7 heteroatoms. The van der Waals surface area contributed by atoms with Gasteiger partial charge < -0.3 is 33.5 Å². The van der Waals surface area contributed by atoms with Crippen molar-refractivity contribution in [3.05, 3.63) is 0 Å². The molecule has 34 heavy (non-hydrogen) atoms. The van der Waals surface area contributed by atoms with E-state index in [1.165, 1.54) is 0 Å². The van der Waals surface area contributed by atoms with Gasteiger partial charge in [-0.05, 0) is 38.5 Å². The lowest BCUT2D eigenvalue weighted by molar-refractivity contribution is -0.267. The maximum atomic E-state index is 9.36. The van der Waals surface area contributed by atoms with Crippen molar-refractivity contribution in [2.24, 2.45) is 0 Å². The Bertz CT molecular complexity index is 492. The van der Waals surface area contributed by atoms with Gasteiger partial charge in [0.1, 0.15) is 30.5 Å². The molecule has 2 heterocycles. The van der Waals surface area contributed by atoms with Crippen molar-refractivity contribution in [3.8, 4) is 0 Å². The molecule has 3 unspecified atom stereocenters. The third-order valence-corrected chi connectivity index (χ3v) is 6.68. The second kappa shape index (κ2) is 18.0. The first-order valence-corrected chi connectivity index (χ1v) is 14.0. The summed E-state index contributed by atoms with van der Waals surface area (Å²) < 4.78 is 37.6. The number of rotatable bonds is 21. The molecule has 0 radical (unpaired) electrons. The van der Waals surface area contributed by atoms with E-state index in [2.05, 4.69) is 27.7 Å². The zero-order valence-electron chi connectivity index (χ0n) is 22.3. The SMILES string of the molecule is CCCCOCC1O[C@H](CC[C@H]2OC2CO)C(OCCCC)[C@@H](OCCCC)[C@H]1OCCCC. The van der Waals surface area contributed by atoms with E-state index in [0.29, 0.717) is 26.4 Å². The van der Waals surface area contributed by atoms with E-state index < -0.39 is 0 Å². The fourth-order valence-electron chi connectivity index (χ4n) is 4.41. The van der Waals surface area contributed by atoms with Crippen molar-refractivity contribution in [2.75, 3.05) is 39.6 Å². The molecule has 1 N–H and O–H groups in total. The summed E-state index contributed by atoms with van der Waals surface area (Å²) in [6.45, 7) is 12.1. The van der Waals surface area contributed by atoms with Gasteiger partial charge in [-0.1, -0.05) is 53.4 Å². The Kier molecular flexibility index (Phi) is 15.9. The highest BCUT2D eigenvalue weighted by Crippen LogP contribution is 2.34. The minimum atomic E-state index is -0.213. The maximum Gasteiger partial charge on any atom is 0.115 e. The normalized spacial score (nSPS) is 31.1. The number of epoxide rings is 1. The van der Waals surface area contributed by atoms with Crippen LogP contribution >= 0.6 is 0 Å². The lowest BCUT2D eigenvalue weighted by atomic mass is 9.91. The van der Waals surface area contributed by atoms with Gasteiger partial charge in [-0.15, -0.1) is 0 Å². The van der Waals surface area contributed by atoms with Gasteiger partial charge in [-0.2, -0.15) is 0 Å². The predicted octanol–water partition coefficient (Wildman–Crippen LogP) is 4.67. The Hall–Kier alpha value is -0.280. The lowest BCUT2D eigenvalue weighted by Crippen LogP contribution is -2.61. The Morgan fingerprint density at radius 2 is 1.03 bits per heavy atom. The van der Waals surface area contributed by atoms with E-state index in [1.54, 1.807) is 0 Å². The number of aliphatic hydroxyl groups is 1. The van der Waals surface area contributed by atoms with Crippen molar-refractivity contribution in [2.45, 2.75) is 135 Å². The second-order valence-electron chi connectivity index (χ2n) is 9.68. The molecule has 0 aromatic carbocycles. The molecule has 0 saturated carbocycles. The van der Waals surface area contributed by atoms with Crippen LogP contribution in [0, 0.1) is 0 Å². The van der Waals surface area contributed by atoms with Crippen LogP contribution in [0.1, 0.15) is 91.9 Å². The van der Waals surface area contributed by atoms with Crippen LogP contribution in [-0.2, 0) is 28.4 Å². The molecule has 202 valence electrons. The molecule has 0 aromatic heterocycles. The third-order valence-electron chi connectivity index (χ3n) is 6.68. The summed E-state index contributed by atoms with van der Waals surface area (Å²) in [6, 6.07) is 0. The topological polar surface area (TPSA) is 78.9 Å². The summed E-state index contributed by atoms with van der Waals surface area (Å²) >= 11 is 0. The molecular formula is C27H52O7. The number of unbranched alkanes of at least 4 members (excludes halogenated alkanes) is 4. The summed E-state index contributed by atoms with van der Waals surface area (Å²) in [4.78, 5) is 0. The van der Waals surface area contributed by atoms with Gasteiger partial charge in [0.25, 0.3) is 0 Å². The first kappa shape index (κ1) is 29.9. The molecule has 2 fully saturated rings. The number of hydrogen-bond donors (Lipinski definition) is 1. The number of aliphatic hydroxyl groups excluding tert-OH is 1. The largest absolute Gasteiger partial charge is 0.394 e. The Labute approximate surface area is 208 Å². The van der Waals surface area contributed by atoms with E-state index in [-0.39, 0.29) is 49.3 Å². The van der Waals surface area contributed by atoms with Crippen LogP contribution in [0.4, 0.5) is 0 Å². The molecule has 0 aliphatic carbocycles. The number of ether oxygens (including phenoxy) is 6. The molecular weight excluding hydrogens is 436 g/mol. The highest BCUT2D eigenvalue weighted by atomic mass is 16.6. The smallest absolute Gasteiger partial charge is 0.115 e.